The molecule has 1 atom stereocenters. The van der Waals surface area contributed by atoms with Crippen LogP contribution in [0.2, 0.25) is 0 Å². The summed E-state index contributed by atoms with van der Waals surface area (Å²) in [5.74, 6) is 2.54. The van der Waals surface area contributed by atoms with E-state index in [4.69, 9.17) is 9.97 Å². The van der Waals surface area contributed by atoms with Crippen molar-refractivity contribution in [3.05, 3.63) is 46.1 Å². The van der Waals surface area contributed by atoms with Crippen LogP contribution in [-0.4, -0.2) is 65.8 Å². The molecule has 172 valence electrons. The molecule has 0 bridgehead atoms. The lowest BCUT2D eigenvalue weighted by Gasteiger charge is -2.33. The smallest absolute Gasteiger partial charge is 0.227 e. The number of anilines is 2. The molecule has 1 aromatic carbocycles. The van der Waals surface area contributed by atoms with E-state index in [9.17, 15) is 5.11 Å². The molecule has 7 heteroatoms. The number of benzene rings is 1. The van der Waals surface area contributed by atoms with Crippen LogP contribution in [0.1, 0.15) is 61.8 Å². The van der Waals surface area contributed by atoms with Gasteiger partial charge in [0.05, 0.1) is 11.8 Å². The summed E-state index contributed by atoms with van der Waals surface area (Å²) in [6.45, 7) is 7.08. The van der Waals surface area contributed by atoms with E-state index >= 15 is 0 Å². The fraction of sp³-hybridized carbons (Fsp3) is 0.600. The Hall–Kier alpha value is -1.70. The topological polar surface area (TPSA) is 55.7 Å². The van der Waals surface area contributed by atoms with E-state index < -0.39 is 6.10 Å². The third-order valence-corrected chi connectivity index (χ3v) is 7.76. The van der Waals surface area contributed by atoms with Gasteiger partial charge in [-0.05, 0) is 69.3 Å². The minimum atomic E-state index is -0.442. The number of nitrogens with zero attached hydrogens (tertiary/aromatic N) is 5. The molecule has 3 saturated heterocycles. The number of aliphatic hydroxyl groups is 1. The van der Waals surface area contributed by atoms with Gasteiger partial charge in [-0.15, -0.1) is 0 Å². The largest absolute Gasteiger partial charge is 0.387 e. The maximum atomic E-state index is 10.7. The van der Waals surface area contributed by atoms with Gasteiger partial charge in [0.1, 0.15) is 5.82 Å². The average molecular weight is 500 g/mol. The summed E-state index contributed by atoms with van der Waals surface area (Å²) in [4.78, 5) is 17.3. The highest BCUT2D eigenvalue weighted by Gasteiger charge is 2.27. The summed E-state index contributed by atoms with van der Waals surface area (Å²) >= 11 is 3.47. The van der Waals surface area contributed by atoms with Gasteiger partial charge in [-0.2, -0.15) is 4.98 Å². The third kappa shape index (κ3) is 5.10. The van der Waals surface area contributed by atoms with Gasteiger partial charge in [0.15, 0.2) is 0 Å². The molecule has 6 nitrogen and oxygen atoms in total. The van der Waals surface area contributed by atoms with E-state index in [-0.39, 0.29) is 0 Å². The van der Waals surface area contributed by atoms with Crippen LogP contribution in [0.5, 0.6) is 0 Å². The molecule has 4 heterocycles. The van der Waals surface area contributed by atoms with Crippen molar-refractivity contribution >= 4 is 27.7 Å². The third-order valence-electron chi connectivity index (χ3n) is 7.23. The molecular weight excluding hydrogens is 466 g/mol. The Balaban J connectivity index is 1.25. The van der Waals surface area contributed by atoms with E-state index in [0.29, 0.717) is 12.5 Å². The van der Waals surface area contributed by atoms with E-state index in [1.54, 1.807) is 0 Å². The SMILES string of the molecule is OC(CN1CCC(c2cc(N3CCCC3)nc(N3CCCC3)n2)CC1)c1ccc(Br)cc1. The van der Waals surface area contributed by atoms with Gasteiger partial charge in [-0.25, -0.2) is 4.98 Å². The van der Waals surface area contributed by atoms with Crippen LogP contribution in [0.25, 0.3) is 0 Å². The molecule has 0 amide bonds. The van der Waals surface area contributed by atoms with Crippen molar-refractivity contribution in [1.29, 1.82) is 0 Å². The summed E-state index contributed by atoms with van der Waals surface area (Å²) in [6.07, 6.45) is 6.74. The predicted molar refractivity (Wildman–Crippen MR) is 132 cm³/mol. The van der Waals surface area contributed by atoms with Crippen LogP contribution >= 0.6 is 15.9 Å². The molecular formula is C25H34BrN5O. The molecule has 3 aliphatic rings. The Morgan fingerprint density at radius 3 is 2.16 bits per heavy atom. The molecule has 32 heavy (non-hydrogen) atoms. The van der Waals surface area contributed by atoms with Gasteiger partial charge >= 0.3 is 0 Å². The molecule has 0 saturated carbocycles. The zero-order chi connectivity index (χ0) is 21.9. The summed E-state index contributed by atoms with van der Waals surface area (Å²) in [5, 5.41) is 10.7. The number of aliphatic hydroxyl groups excluding tert-OH is 1. The Kier molecular flexibility index (Phi) is 6.95. The molecule has 5 rings (SSSR count). The number of aromatic nitrogens is 2. The lowest BCUT2D eigenvalue weighted by Crippen LogP contribution is -2.36. The maximum Gasteiger partial charge on any atom is 0.227 e. The van der Waals surface area contributed by atoms with E-state index in [1.165, 1.54) is 31.4 Å². The fourth-order valence-corrected chi connectivity index (χ4v) is 5.53. The predicted octanol–water partition coefficient (Wildman–Crippen LogP) is 4.35. The van der Waals surface area contributed by atoms with Crippen molar-refractivity contribution < 1.29 is 5.11 Å². The van der Waals surface area contributed by atoms with Crippen molar-refractivity contribution in [2.24, 2.45) is 0 Å². The molecule has 0 radical (unpaired) electrons. The monoisotopic (exact) mass is 499 g/mol. The van der Waals surface area contributed by atoms with Crippen molar-refractivity contribution in [2.75, 3.05) is 55.6 Å². The van der Waals surface area contributed by atoms with Crippen LogP contribution in [0.3, 0.4) is 0 Å². The Bertz CT molecular complexity index is 853. The molecule has 0 spiro atoms. The lowest BCUT2D eigenvalue weighted by molar-refractivity contribution is 0.0969. The van der Waals surface area contributed by atoms with Crippen LogP contribution in [0.4, 0.5) is 11.8 Å². The maximum absolute atomic E-state index is 10.7. The number of β-amino-alcohol motifs (C(OH)–C–C–N with tert-alkyl or cyclic N) is 1. The van der Waals surface area contributed by atoms with Crippen LogP contribution in [0.15, 0.2) is 34.8 Å². The van der Waals surface area contributed by atoms with E-state index in [0.717, 1.165) is 73.9 Å². The second-order valence-electron chi connectivity index (χ2n) is 9.48. The van der Waals surface area contributed by atoms with Crippen LogP contribution in [-0.2, 0) is 0 Å². The average Bonchev–Trinajstić information content (AvgIpc) is 3.54. The Labute approximate surface area is 199 Å². The number of likely N-dealkylation sites (tertiary alicyclic amines) is 1. The second kappa shape index (κ2) is 10.1. The van der Waals surface area contributed by atoms with Gasteiger partial charge in [-0.3, -0.25) is 0 Å². The number of halogens is 1. The number of piperidine rings is 1. The molecule has 2 aromatic rings. The highest BCUT2D eigenvalue weighted by Crippen LogP contribution is 2.32. The zero-order valence-corrected chi connectivity index (χ0v) is 20.4. The van der Waals surface area contributed by atoms with Crippen LogP contribution < -0.4 is 9.80 Å². The number of rotatable bonds is 6. The molecule has 1 aromatic heterocycles. The van der Waals surface area contributed by atoms with E-state index in [1.807, 2.05) is 24.3 Å². The van der Waals surface area contributed by atoms with Crippen molar-refractivity contribution in [2.45, 2.75) is 50.5 Å². The molecule has 3 aliphatic heterocycles. The van der Waals surface area contributed by atoms with Gasteiger partial charge in [0.2, 0.25) is 5.95 Å². The van der Waals surface area contributed by atoms with Gasteiger partial charge in [0.25, 0.3) is 0 Å². The van der Waals surface area contributed by atoms with Gasteiger partial charge in [0, 0.05) is 49.2 Å². The standard InChI is InChI=1S/C25H34BrN5O/c26-21-7-5-20(6-8-21)23(32)18-29-15-9-19(10-16-29)22-17-24(30-11-1-2-12-30)28-25(27-22)31-13-3-4-14-31/h5-8,17,19,23,32H,1-4,9-16,18H2. The normalized spacial score (nSPS) is 21.4. The van der Waals surface area contributed by atoms with Crippen molar-refractivity contribution in [1.82, 2.24) is 14.9 Å². The Morgan fingerprint density at radius 2 is 1.50 bits per heavy atom. The first-order chi connectivity index (χ1) is 15.7. The zero-order valence-electron chi connectivity index (χ0n) is 18.8. The minimum Gasteiger partial charge on any atom is -0.387 e. The minimum absolute atomic E-state index is 0.442. The highest BCUT2D eigenvalue weighted by molar-refractivity contribution is 9.10. The summed E-state index contributed by atoms with van der Waals surface area (Å²) in [5.41, 5.74) is 2.20. The second-order valence-corrected chi connectivity index (χ2v) is 10.4. The van der Waals surface area contributed by atoms with Gasteiger partial charge in [-0.1, -0.05) is 28.1 Å². The quantitative estimate of drug-likeness (QED) is 0.637. The summed E-state index contributed by atoms with van der Waals surface area (Å²) < 4.78 is 1.04. The van der Waals surface area contributed by atoms with Crippen LogP contribution in [0, 0.1) is 0 Å². The summed E-state index contributed by atoms with van der Waals surface area (Å²) in [7, 11) is 0. The Morgan fingerprint density at radius 1 is 0.875 bits per heavy atom. The number of hydrogen-bond donors (Lipinski definition) is 1. The molecule has 1 unspecified atom stereocenters. The highest BCUT2D eigenvalue weighted by atomic mass is 79.9. The van der Waals surface area contributed by atoms with Crippen molar-refractivity contribution in [3.63, 3.8) is 0 Å². The molecule has 0 aliphatic carbocycles. The molecule has 1 N–H and O–H groups in total. The first kappa shape index (κ1) is 22.1. The lowest BCUT2D eigenvalue weighted by atomic mass is 9.92. The molecule has 3 fully saturated rings. The first-order valence-electron chi connectivity index (χ1n) is 12.2. The first-order valence-corrected chi connectivity index (χ1v) is 13.0. The fourth-order valence-electron chi connectivity index (χ4n) is 5.26. The van der Waals surface area contributed by atoms with Gasteiger partial charge < -0.3 is 19.8 Å². The van der Waals surface area contributed by atoms with Crippen molar-refractivity contribution in [3.8, 4) is 0 Å². The number of hydrogen-bond acceptors (Lipinski definition) is 6. The summed E-state index contributed by atoms with van der Waals surface area (Å²) in [6, 6.07) is 10.3. The van der Waals surface area contributed by atoms with E-state index in [2.05, 4.69) is 36.7 Å².